The molecule has 2 heterocycles. The lowest BCUT2D eigenvalue weighted by molar-refractivity contribution is -0.00354. The molecule has 1 N–H and O–H groups in total. The molecule has 0 atom stereocenters. The van der Waals surface area contributed by atoms with E-state index in [1.54, 1.807) is 17.1 Å². The highest BCUT2D eigenvalue weighted by molar-refractivity contribution is 5.92. The number of imidazole rings is 1. The first-order valence-corrected chi connectivity index (χ1v) is 4.12. The Bertz CT molecular complexity index is 317. The summed E-state index contributed by atoms with van der Waals surface area (Å²) in [6.07, 6.45) is 3.29. The SMILES string of the molecule is Cn1cnc(C(=O)NC2COC2)c1. The summed E-state index contributed by atoms with van der Waals surface area (Å²) in [7, 11) is 1.83. The topological polar surface area (TPSA) is 56.2 Å². The summed E-state index contributed by atoms with van der Waals surface area (Å²) in [6.45, 7) is 1.22. The van der Waals surface area contributed by atoms with Gasteiger partial charge in [-0.3, -0.25) is 4.79 Å². The van der Waals surface area contributed by atoms with Crippen LogP contribution in [0.15, 0.2) is 12.5 Å². The normalized spacial score (nSPS) is 16.7. The van der Waals surface area contributed by atoms with Gasteiger partial charge in [-0.2, -0.15) is 0 Å². The van der Waals surface area contributed by atoms with Gasteiger partial charge in [0.15, 0.2) is 0 Å². The van der Waals surface area contributed by atoms with Gasteiger partial charge in [-0.1, -0.05) is 0 Å². The summed E-state index contributed by atoms with van der Waals surface area (Å²) in [5.74, 6) is -0.131. The summed E-state index contributed by atoms with van der Waals surface area (Å²) in [4.78, 5) is 15.4. The predicted octanol–water partition coefficient (Wildman–Crippen LogP) is -0.451. The molecule has 5 heteroatoms. The van der Waals surface area contributed by atoms with Crippen molar-refractivity contribution in [3.8, 4) is 0 Å². The van der Waals surface area contributed by atoms with Crippen LogP contribution < -0.4 is 5.32 Å². The largest absolute Gasteiger partial charge is 0.377 e. The number of amides is 1. The van der Waals surface area contributed by atoms with E-state index in [1.807, 2.05) is 7.05 Å². The van der Waals surface area contributed by atoms with Crippen LogP contribution >= 0.6 is 0 Å². The van der Waals surface area contributed by atoms with Gasteiger partial charge < -0.3 is 14.6 Å². The second kappa shape index (κ2) is 3.18. The van der Waals surface area contributed by atoms with Crippen molar-refractivity contribution in [2.24, 2.45) is 7.05 Å². The van der Waals surface area contributed by atoms with Gasteiger partial charge in [0.25, 0.3) is 5.91 Å². The smallest absolute Gasteiger partial charge is 0.271 e. The Hall–Kier alpha value is -1.36. The van der Waals surface area contributed by atoms with E-state index >= 15 is 0 Å². The molecule has 2 rings (SSSR count). The van der Waals surface area contributed by atoms with E-state index in [9.17, 15) is 4.79 Å². The molecule has 1 aliphatic heterocycles. The second-order valence-corrected chi connectivity index (χ2v) is 3.13. The highest BCUT2D eigenvalue weighted by atomic mass is 16.5. The van der Waals surface area contributed by atoms with Gasteiger partial charge in [0.1, 0.15) is 5.69 Å². The molecule has 0 radical (unpaired) electrons. The van der Waals surface area contributed by atoms with Crippen LogP contribution in [0.5, 0.6) is 0 Å². The molecular weight excluding hydrogens is 170 g/mol. The number of aromatic nitrogens is 2. The number of hydrogen-bond acceptors (Lipinski definition) is 3. The van der Waals surface area contributed by atoms with E-state index in [4.69, 9.17) is 4.74 Å². The van der Waals surface area contributed by atoms with Crippen LogP contribution in [-0.2, 0) is 11.8 Å². The van der Waals surface area contributed by atoms with Crippen LogP contribution in [0.25, 0.3) is 0 Å². The van der Waals surface area contributed by atoms with E-state index in [2.05, 4.69) is 10.3 Å². The van der Waals surface area contributed by atoms with Crippen LogP contribution in [0, 0.1) is 0 Å². The third-order valence-corrected chi connectivity index (χ3v) is 1.91. The highest BCUT2D eigenvalue weighted by Crippen LogP contribution is 2.01. The zero-order valence-corrected chi connectivity index (χ0v) is 7.36. The van der Waals surface area contributed by atoms with Gasteiger partial charge in [0.2, 0.25) is 0 Å². The number of nitrogens with zero attached hydrogens (tertiary/aromatic N) is 2. The maximum absolute atomic E-state index is 11.4. The second-order valence-electron chi connectivity index (χ2n) is 3.13. The Kier molecular flexibility index (Phi) is 2.02. The average Bonchev–Trinajstić information content (AvgIpc) is 2.44. The molecule has 5 nitrogen and oxygen atoms in total. The molecule has 1 amide bonds. The fourth-order valence-corrected chi connectivity index (χ4v) is 1.11. The van der Waals surface area contributed by atoms with Crippen LogP contribution in [0.1, 0.15) is 10.5 Å². The lowest BCUT2D eigenvalue weighted by Gasteiger charge is -2.26. The lowest BCUT2D eigenvalue weighted by atomic mass is 10.2. The zero-order valence-electron chi connectivity index (χ0n) is 7.36. The number of nitrogens with one attached hydrogen (secondary N) is 1. The van der Waals surface area contributed by atoms with E-state index in [0.717, 1.165) is 0 Å². The maximum Gasteiger partial charge on any atom is 0.271 e. The fraction of sp³-hybridized carbons (Fsp3) is 0.500. The molecule has 0 aromatic carbocycles. The first-order chi connectivity index (χ1) is 6.25. The third-order valence-electron chi connectivity index (χ3n) is 1.91. The molecular formula is C8H11N3O2. The van der Waals surface area contributed by atoms with Crippen molar-refractivity contribution in [3.05, 3.63) is 18.2 Å². The Morgan fingerprint density at radius 3 is 3.00 bits per heavy atom. The number of carbonyl (C=O) groups is 1. The Morgan fingerprint density at radius 1 is 1.77 bits per heavy atom. The summed E-state index contributed by atoms with van der Waals surface area (Å²) in [5, 5.41) is 2.81. The molecule has 1 aromatic rings. The quantitative estimate of drug-likeness (QED) is 0.672. The predicted molar refractivity (Wildman–Crippen MR) is 45.3 cm³/mol. The summed E-state index contributed by atoms with van der Waals surface area (Å²) in [6, 6.07) is 0.162. The van der Waals surface area contributed by atoms with E-state index in [1.165, 1.54) is 0 Å². The number of carbonyl (C=O) groups excluding carboxylic acids is 1. The molecule has 0 unspecified atom stereocenters. The van der Waals surface area contributed by atoms with Crippen molar-refractivity contribution in [1.29, 1.82) is 0 Å². The molecule has 0 spiro atoms. The molecule has 1 fully saturated rings. The van der Waals surface area contributed by atoms with E-state index in [0.29, 0.717) is 18.9 Å². The van der Waals surface area contributed by atoms with Gasteiger partial charge in [-0.15, -0.1) is 0 Å². The van der Waals surface area contributed by atoms with Gasteiger partial charge in [0, 0.05) is 13.2 Å². The van der Waals surface area contributed by atoms with Crippen molar-refractivity contribution >= 4 is 5.91 Å². The van der Waals surface area contributed by atoms with Crippen LogP contribution in [-0.4, -0.2) is 34.7 Å². The third kappa shape index (κ3) is 1.70. The average molecular weight is 181 g/mol. The first kappa shape index (κ1) is 8.25. The van der Waals surface area contributed by atoms with Gasteiger partial charge in [-0.25, -0.2) is 4.98 Å². The molecule has 13 heavy (non-hydrogen) atoms. The van der Waals surface area contributed by atoms with Crippen molar-refractivity contribution in [2.45, 2.75) is 6.04 Å². The zero-order chi connectivity index (χ0) is 9.26. The molecule has 1 aromatic heterocycles. The Balaban J connectivity index is 1.96. The standard InChI is InChI=1S/C8H11N3O2/c1-11-2-7(9-5-11)8(12)10-6-3-13-4-6/h2,5-6H,3-4H2,1H3,(H,10,12). The van der Waals surface area contributed by atoms with Gasteiger partial charge in [-0.05, 0) is 0 Å². The van der Waals surface area contributed by atoms with E-state index < -0.39 is 0 Å². The van der Waals surface area contributed by atoms with Gasteiger partial charge in [0.05, 0.1) is 25.6 Å². The fourth-order valence-electron chi connectivity index (χ4n) is 1.11. The summed E-state index contributed by atoms with van der Waals surface area (Å²) >= 11 is 0. The minimum atomic E-state index is -0.131. The van der Waals surface area contributed by atoms with Crippen LogP contribution in [0.2, 0.25) is 0 Å². The Labute approximate surface area is 75.7 Å². The first-order valence-electron chi connectivity index (χ1n) is 4.12. The summed E-state index contributed by atoms with van der Waals surface area (Å²) < 4.78 is 6.68. The number of hydrogen-bond donors (Lipinski definition) is 1. The minimum absolute atomic E-state index is 0.131. The number of ether oxygens (including phenoxy) is 1. The van der Waals surface area contributed by atoms with E-state index in [-0.39, 0.29) is 11.9 Å². The maximum atomic E-state index is 11.4. The number of rotatable bonds is 2. The van der Waals surface area contributed by atoms with Crippen LogP contribution in [0.3, 0.4) is 0 Å². The molecule has 1 saturated heterocycles. The van der Waals surface area contributed by atoms with Crippen molar-refractivity contribution in [3.63, 3.8) is 0 Å². The molecule has 0 aliphatic carbocycles. The minimum Gasteiger partial charge on any atom is -0.377 e. The summed E-state index contributed by atoms with van der Waals surface area (Å²) in [5.41, 5.74) is 0.453. The monoisotopic (exact) mass is 181 g/mol. The lowest BCUT2D eigenvalue weighted by Crippen LogP contribution is -2.48. The Morgan fingerprint density at radius 2 is 2.54 bits per heavy atom. The molecule has 70 valence electrons. The molecule has 1 aliphatic rings. The molecule has 0 saturated carbocycles. The molecule has 0 bridgehead atoms. The van der Waals surface area contributed by atoms with Gasteiger partial charge >= 0.3 is 0 Å². The van der Waals surface area contributed by atoms with Crippen LogP contribution in [0.4, 0.5) is 0 Å². The van der Waals surface area contributed by atoms with Crippen molar-refractivity contribution in [1.82, 2.24) is 14.9 Å². The number of aryl methyl sites for hydroxylation is 1. The highest BCUT2D eigenvalue weighted by Gasteiger charge is 2.21. The van der Waals surface area contributed by atoms with Crippen molar-refractivity contribution < 1.29 is 9.53 Å². The van der Waals surface area contributed by atoms with Crippen molar-refractivity contribution in [2.75, 3.05) is 13.2 Å².